The first kappa shape index (κ1) is 15.3. The van der Waals surface area contributed by atoms with Gasteiger partial charge in [0.1, 0.15) is 18.2 Å². The molecule has 1 fully saturated rings. The van der Waals surface area contributed by atoms with Gasteiger partial charge in [0, 0.05) is 18.2 Å². The lowest BCUT2D eigenvalue weighted by Gasteiger charge is -2.24. The van der Waals surface area contributed by atoms with E-state index in [-0.39, 0.29) is 18.0 Å². The molecular formula is C16H24FNO2. The van der Waals surface area contributed by atoms with Crippen molar-refractivity contribution in [2.75, 3.05) is 20.3 Å². The summed E-state index contributed by atoms with van der Waals surface area (Å²) in [6.07, 6.45) is 3.52. The van der Waals surface area contributed by atoms with Gasteiger partial charge in [0.2, 0.25) is 0 Å². The summed E-state index contributed by atoms with van der Waals surface area (Å²) < 4.78 is 25.3. The molecule has 0 bridgehead atoms. The third-order valence-corrected chi connectivity index (χ3v) is 3.89. The molecule has 0 radical (unpaired) electrons. The Bertz CT molecular complexity index is 444. The summed E-state index contributed by atoms with van der Waals surface area (Å²) >= 11 is 0. The maximum absolute atomic E-state index is 13.7. The van der Waals surface area contributed by atoms with Crippen LogP contribution in [0.3, 0.4) is 0 Å². The molecule has 1 aliphatic heterocycles. The first-order chi connectivity index (χ1) is 9.61. The van der Waals surface area contributed by atoms with Crippen molar-refractivity contribution < 1.29 is 13.9 Å². The lowest BCUT2D eigenvalue weighted by atomic mass is 10.0. The first-order valence-corrected chi connectivity index (χ1v) is 7.33. The van der Waals surface area contributed by atoms with E-state index in [1.54, 1.807) is 19.1 Å². The van der Waals surface area contributed by atoms with Crippen molar-refractivity contribution in [1.82, 2.24) is 5.32 Å². The molecule has 20 heavy (non-hydrogen) atoms. The number of hydrogen-bond acceptors (Lipinski definition) is 3. The minimum absolute atomic E-state index is 0.0485. The molecule has 2 atom stereocenters. The van der Waals surface area contributed by atoms with E-state index in [0.29, 0.717) is 12.2 Å². The van der Waals surface area contributed by atoms with E-state index >= 15 is 0 Å². The van der Waals surface area contributed by atoms with Crippen LogP contribution in [0.4, 0.5) is 4.39 Å². The highest BCUT2D eigenvalue weighted by Crippen LogP contribution is 2.28. The average molecular weight is 281 g/mol. The normalized spacial score (nSPS) is 20.7. The number of aryl methyl sites for hydroxylation is 1. The van der Waals surface area contributed by atoms with Crippen LogP contribution < -0.4 is 10.1 Å². The second kappa shape index (κ2) is 7.04. The molecule has 0 aliphatic carbocycles. The monoisotopic (exact) mass is 281 g/mol. The van der Waals surface area contributed by atoms with Crippen molar-refractivity contribution >= 4 is 0 Å². The van der Waals surface area contributed by atoms with Gasteiger partial charge in [-0.15, -0.1) is 0 Å². The SMILES string of the molecule is CNC(C)c1cc(F)c(C)cc1OCC1CCCCO1. The van der Waals surface area contributed by atoms with E-state index < -0.39 is 0 Å². The van der Waals surface area contributed by atoms with Crippen LogP contribution in [0.15, 0.2) is 12.1 Å². The predicted molar refractivity (Wildman–Crippen MR) is 77.7 cm³/mol. The first-order valence-electron chi connectivity index (χ1n) is 7.33. The van der Waals surface area contributed by atoms with Crippen molar-refractivity contribution in [3.05, 3.63) is 29.1 Å². The van der Waals surface area contributed by atoms with Crippen LogP contribution in [0.25, 0.3) is 0 Å². The van der Waals surface area contributed by atoms with Crippen LogP contribution in [-0.2, 0) is 4.74 Å². The minimum atomic E-state index is -0.191. The lowest BCUT2D eigenvalue weighted by molar-refractivity contribution is -0.0113. The highest BCUT2D eigenvalue weighted by molar-refractivity contribution is 5.40. The predicted octanol–water partition coefficient (Wildman–Crippen LogP) is 3.36. The second-order valence-corrected chi connectivity index (χ2v) is 5.45. The van der Waals surface area contributed by atoms with Crippen molar-refractivity contribution in [1.29, 1.82) is 0 Å². The van der Waals surface area contributed by atoms with E-state index in [2.05, 4.69) is 5.32 Å². The topological polar surface area (TPSA) is 30.5 Å². The van der Waals surface area contributed by atoms with Gasteiger partial charge < -0.3 is 14.8 Å². The molecule has 2 unspecified atom stereocenters. The van der Waals surface area contributed by atoms with Crippen LogP contribution in [0, 0.1) is 12.7 Å². The Labute approximate surface area is 120 Å². The van der Waals surface area contributed by atoms with Crippen LogP contribution in [0.5, 0.6) is 5.75 Å². The Morgan fingerprint density at radius 3 is 2.90 bits per heavy atom. The third kappa shape index (κ3) is 3.70. The summed E-state index contributed by atoms with van der Waals surface area (Å²) in [5, 5.41) is 3.13. The van der Waals surface area contributed by atoms with Gasteiger partial charge in [-0.3, -0.25) is 0 Å². The van der Waals surface area contributed by atoms with Gasteiger partial charge in [0.05, 0.1) is 6.10 Å². The second-order valence-electron chi connectivity index (χ2n) is 5.45. The summed E-state index contributed by atoms with van der Waals surface area (Å²) in [6, 6.07) is 3.39. The zero-order valence-corrected chi connectivity index (χ0v) is 12.5. The fourth-order valence-corrected chi connectivity index (χ4v) is 2.41. The van der Waals surface area contributed by atoms with E-state index in [1.165, 1.54) is 6.42 Å². The molecule has 1 N–H and O–H groups in total. The van der Waals surface area contributed by atoms with E-state index in [4.69, 9.17) is 9.47 Å². The van der Waals surface area contributed by atoms with Crippen LogP contribution >= 0.6 is 0 Å². The molecule has 1 saturated heterocycles. The maximum atomic E-state index is 13.7. The molecule has 2 rings (SSSR count). The zero-order chi connectivity index (χ0) is 14.5. The molecule has 0 spiro atoms. The highest BCUT2D eigenvalue weighted by Gasteiger charge is 2.18. The summed E-state index contributed by atoms with van der Waals surface area (Å²) in [4.78, 5) is 0. The molecule has 3 nitrogen and oxygen atoms in total. The van der Waals surface area contributed by atoms with Crippen molar-refractivity contribution in [3.63, 3.8) is 0 Å². The molecule has 0 saturated carbocycles. The van der Waals surface area contributed by atoms with E-state index in [9.17, 15) is 4.39 Å². The van der Waals surface area contributed by atoms with Gasteiger partial charge in [0.15, 0.2) is 0 Å². The number of ether oxygens (including phenoxy) is 2. The number of hydrogen-bond donors (Lipinski definition) is 1. The fraction of sp³-hybridized carbons (Fsp3) is 0.625. The number of nitrogens with one attached hydrogen (secondary N) is 1. The van der Waals surface area contributed by atoms with Crippen LogP contribution in [-0.4, -0.2) is 26.4 Å². The minimum Gasteiger partial charge on any atom is -0.491 e. The Morgan fingerprint density at radius 1 is 1.45 bits per heavy atom. The summed E-state index contributed by atoms with van der Waals surface area (Å²) in [6.45, 7) is 5.10. The Balaban J connectivity index is 2.10. The fourth-order valence-electron chi connectivity index (χ4n) is 2.41. The third-order valence-electron chi connectivity index (χ3n) is 3.89. The molecule has 1 aliphatic rings. The lowest BCUT2D eigenvalue weighted by Crippen LogP contribution is -2.26. The largest absolute Gasteiger partial charge is 0.491 e. The van der Waals surface area contributed by atoms with E-state index in [0.717, 1.165) is 30.8 Å². The summed E-state index contributed by atoms with van der Waals surface area (Å²) in [7, 11) is 1.86. The molecule has 0 amide bonds. The highest BCUT2D eigenvalue weighted by atomic mass is 19.1. The van der Waals surface area contributed by atoms with Crippen molar-refractivity contribution in [2.45, 2.75) is 45.3 Å². The quantitative estimate of drug-likeness (QED) is 0.897. The molecule has 1 aromatic carbocycles. The standard InChI is InChI=1S/C16H24FNO2/c1-11-8-16(14(9-15(11)17)12(2)18-3)20-10-13-6-4-5-7-19-13/h8-9,12-13,18H,4-7,10H2,1-3H3. The van der Waals surface area contributed by atoms with Gasteiger partial charge in [-0.2, -0.15) is 0 Å². The summed E-state index contributed by atoms with van der Waals surface area (Å²) in [5.74, 6) is 0.559. The Morgan fingerprint density at radius 2 is 2.25 bits per heavy atom. The smallest absolute Gasteiger partial charge is 0.126 e. The van der Waals surface area contributed by atoms with E-state index in [1.807, 2.05) is 14.0 Å². The zero-order valence-electron chi connectivity index (χ0n) is 12.5. The van der Waals surface area contributed by atoms with Gasteiger partial charge in [-0.05, 0) is 57.9 Å². The van der Waals surface area contributed by atoms with Gasteiger partial charge in [-0.25, -0.2) is 4.39 Å². The molecule has 4 heteroatoms. The Kier molecular flexibility index (Phi) is 5.38. The van der Waals surface area contributed by atoms with Crippen molar-refractivity contribution in [3.8, 4) is 5.75 Å². The maximum Gasteiger partial charge on any atom is 0.126 e. The molecule has 1 aromatic rings. The van der Waals surface area contributed by atoms with Crippen LogP contribution in [0.1, 0.15) is 43.4 Å². The van der Waals surface area contributed by atoms with Crippen molar-refractivity contribution in [2.24, 2.45) is 0 Å². The van der Waals surface area contributed by atoms with Crippen LogP contribution in [0.2, 0.25) is 0 Å². The molecule has 0 aromatic heterocycles. The number of halogens is 1. The molecule has 1 heterocycles. The Hall–Kier alpha value is -1.13. The average Bonchev–Trinajstić information content (AvgIpc) is 2.48. The van der Waals surface area contributed by atoms with Gasteiger partial charge in [0.25, 0.3) is 0 Å². The summed E-state index contributed by atoms with van der Waals surface area (Å²) in [5.41, 5.74) is 1.46. The molecule has 112 valence electrons. The number of benzene rings is 1. The van der Waals surface area contributed by atoms with Gasteiger partial charge in [-0.1, -0.05) is 0 Å². The molecular weight excluding hydrogens is 257 g/mol. The number of rotatable bonds is 5. The van der Waals surface area contributed by atoms with Gasteiger partial charge >= 0.3 is 0 Å².